The van der Waals surface area contributed by atoms with Crippen LogP contribution in [0.2, 0.25) is 0 Å². The van der Waals surface area contributed by atoms with Gasteiger partial charge < -0.3 is 14.9 Å². The van der Waals surface area contributed by atoms with Crippen LogP contribution >= 0.6 is 0 Å². The maximum Gasteiger partial charge on any atom is 0.264 e. The van der Waals surface area contributed by atoms with Crippen molar-refractivity contribution in [3.63, 3.8) is 0 Å². The first kappa shape index (κ1) is 17.8. The number of hydrogen-bond acceptors (Lipinski definition) is 4. The van der Waals surface area contributed by atoms with E-state index in [0.717, 1.165) is 0 Å². The highest BCUT2D eigenvalue weighted by molar-refractivity contribution is 6.04. The molecule has 0 aliphatic carbocycles. The average Bonchev–Trinajstić information content (AvgIpc) is 3.12. The summed E-state index contributed by atoms with van der Waals surface area (Å²) in [6, 6.07) is 10.0. The third kappa shape index (κ3) is 3.82. The van der Waals surface area contributed by atoms with E-state index in [4.69, 9.17) is 9.57 Å². The second-order valence-corrected chi connectivity index (χ2v) is 5.97. The number of hydrogen-bond donors (Lipinski definition) is 1. The van der Waals surface area contributed by atoms with Crippen LogP contribution in [0.25, 0.3) is 0 Å². The van der Waals surface area contributed by atoms with Gasteiger partial charge in [-0.05, 0) is 36.8 Å². The van der Waals surface area contributed by atoms with Crippen molar-refractivity contribution < 1.29 is 23.1 Å². The van der Waals surface area contributed by atoms with E-state index in [1.165, 1.54) is 31.4 Å². The molecule has 0 radical (unpaired) electrons. The van der Waals surface area contributed by atoms with Gasteiger partial charge in [0.25, 0.3) is 5.91 Å². The Morgan fingerprint density at radius 2 is 2.12 bits per heavy atom. The normalized spacial score (nSPS) is 17.2. The fraction of sp³-hybridized carbons (Fsp3) is 0.263. The summed E-state index contributed by atoms with van der Waals surface area (Å²) in [5, 5.41) is 6.65. The van der Waals surface area contributed by atoms with Crippen LogP contribution in [0.1, 0.15) is 30.5 Å². The number of nitrogens with zero attached hydrogens (tertiary/aromatic N) is 1. The minimum absolute atomic E-state index is 0.138. The van der Waals surface area contributed by atoms with Crippen molar-refractivity contribution in [1.29, 1.82) is 0 Å². The molecule has 0 fully saturated rings. The predicted molar refractivity (Wildman–Crippen MR) is 91.9 cm³/mol. The van der Waals surface area contributed by atoms with Crippen LogP contribution in [0, 0.1) is 11.6 Å². The molecule has 0 unspecified atom stereocenters. The number of benzene rings is 2. The molecule has 7 heteroatoms. The summed E-state index contributed by atoms with van der Waals surface area (Å²) in [6.07, 6.45) is -0.572. The quantitative estimate of drug-likeness (QED) is 0.890. The van der Waals surface area contributed by atoms with Crippen molar-refractivity contribution in [2.75, 3.05) is 7.11 Å². The Kier molecular flexibility index (Phi) is 5.16. The summed E-state index contributed by atoms with van der Waals surface area (Å²) in [7, 11) is 1.39. The van der Waals surface area contributed by atoms with Crippen LogP contribution in [-0.2, 0) is 9.63 Å². The van der Waals surface area contributed by atoms with Gasteiger partial charge in [-0.3, -0.25) is 4.79 Å². The molecule has 1 heterocycles. The average molecular weight is 360 g/mol. The van der Waals surface area contributed by atoms with Crippen LogP contribution in [-0.4, -0.2) is 24.8 Å². The summed E-state index contributed by atoms with van der Waals surface area (Å²) in [6.45, 7) is 1.74. The number of amides is 1. The lowest BCUT2D eigenvalue weighted by Crippen LogP contribution is -2.36. The molecule has 1 amide bonds. The Bertz CT molecular complexity index is 854. The highest BCUT2D eigenvalue weighted by atomic mass is 19.1. The number of methoxy groups -OCH3 is 1. The molecule has 5 nitrogen and oxygen atoms in total. The summed E-state index contributed by atoms with van der Waals surface area (Å²) in [5.41, 5.74) is 1.68. The van der Waals surface area contributed by atoms with Crippen LogP contribution < -0.4 is 10.1 Å². The predicted octanol–water partition coefficient (Wildman–Crippen LogP) is 3.34. The second kappa shape index (κ2) is 7.51. The molecule has 0 spiro atoms. The van der Waals surface area contributed by atoms with Crippen molar-refractivity contribution in [3.05, 3.63) is 65.2 Å². The van der Waals surface area contributed by atoms with Gasteiger partial charge in [-0.2, -0.15) is 0 Å². The van der Waals surface area contributed by atoms with Crippen molar-refractivity contribution in [1.82, 2.24) is 5.32 Å². The van der Waals surface area contributed by atoms with Gasteiger partial charge in [0.05, 0.1) is 18.9 Å². The number of nitrogens with one attached hydrogen (secondary N) is 1. The molecular weight excluding hydrogens is 342 g/mol. The van der Waals surface area contributed by atoms with Gasteiger partial charge in [-0.1, -0.05) is 23.4 Å². The van der Waals surface area contributed by atoms with Gasteiger partial charge in [-0.25, -0.2) is 8.78 Å². The molecular formula is C19H18F2N2O3. The molecule has 1 aliphatic heterocycles. The van der Waals surface area contributed by atoms with Gasteiger partial charge in [0.1, 0.15) is 5.82 Å². The molecule has 0 saturated carbocycles. The van der Waals surface area contributed by atoms with Crippen molar-refractivity contribution >= 4 is 11.6 Å². The van der Waals surface area contributed by atoms with E-state index in [9.17, 15) is 13.6 Å². The lowest BCUT2D eigenvalue weighted by molar-refractivity contribution is -0.131. The number of ether oxygens (including phenoxy) is 1. The lowest BCUT2D eigenvalue weighted by atomic mass is 10.0. The Morgan fingerprint density at radius 1 is 1.31 bits per heavy atom. The SMILES string of the molecule is COc1ccc([C@@H](C)NC(=O)[C@@H]2CC(c3cccc(F)c3)=NO2)cc1F. The Balaban J connectivity index is 1.61. The standard InChI is InChI=1S/C19H18F2N2O3/c1-11(12-6-7-17(25-2)15(21)9-12)22-19(24)18-10-16(23-26-18)13-4-3-5-14(20)8-13/h3-9,11,18H,10H2,1-2H3,(H,22,24)/t11-,18+/m1/s1. The van der Waals surface area contributed by atoms with Crippen molar-refractivity contribution in [2.45, 2.75) is 25.5 Å². The van der Waals surface area contributed by atoms with Gasteiger partial charge in [-0.15, -0.1) is 0 Å². The zero-order chi connectivity index (χ0) is 18.7. The minimum atomic E-state index is -0.807. The van der Waals surface area contributed by atoms with E-state index in [2.05, 4.69) is 10.5 Å². The smallest absolute Gasteiger partial charge is 0.264 e. The number of oxime groups is 1. The van der Waals surface area contributed by atoms with E-state index < -0.39 is 18.0 Å². The highest BCUT2D eigenvalue weighted by Crippen LogP contribution is 2.23. The van der Waals surface area contributed by atoms with E-state index in [1.54, 1.807) is 25.1 Å². The number of halogens is 2. The maximum atomic E-state index is 13.8. The van der Waals surface area contributed by atoms with E-state index >= 15 is 0 Å². The molecule has 2 aromatic rings. The van der Waals surface area contributed by atoms with Crippen LogP contribution in [0.5, 0.6) is 5.75 Å². The first-order valence-corrected chi connectivity index (χ1v) is 8.10. The Labute approximate surface area is 149 Å². The molecule has 2 aromatic carbocycles. The zero-order valence-corrected chi connectivity index (χ0v) is 14.3. The van der Waals surface area contributed by atoms with E-state index in [-0.39, 0.29) is 23.9 Å². The van der Waals surface area contributed by atoms with Gasteiger partial charge in [0.2, 0.25) is 6.10 Å². The zero-order valence-electron chi connectivity index (χ0n) is 14.3. The fourth-order valence-corrected chi connectivity index (χ4v) is 2.70. The molecule has 1 N–H and O–H groups in total. The Morgan fingerprint density at radius 3 is 2.81 bits per heavy atom. The lowest BCUT2D eigenvalue weighted by Gasteiger charge is -2.17. The molecule has 0 saturated heterocycles. The van der Waals surface area contributed by atoms with Crippen LogP contribution in [0.4, 0.5) is 8.78 Å². The van der Waals surface area contributed by atoms with E-state index in [1.807, 2.05) is 0 Å². The largest absolute Gasteiger partial charge is 0.494 e. The van der Waals surface area contributed by atoms with Gasteiger partial charge in [0.15, 0.2) is 11.6 Å². The minimum Gasteiger partial charge on any atom is -0.494 e. The second-order valence-electron chi connectivity index (χ2n) is 5.97. The molecule has 0 aromatic heterocycles. The summed E-state index contributed by atoms with van der Waals surface area (Å²) in [4.78, 5) is 17.6. The van der Waals surface area contributed by atoms with Crippen LogP contribution in [0.15, 0.2) is 47.6 Å². The monoisotopic (exact) mass is 360 g/mol. The fourth-order valence-electron chi connectivity index (χ4n) is 2.70. The van der Waals surface area contributed by atoms with E-state index in [0.29, 0.717) is 16.8 Å². The van der Waals surface area contributed by atoms with Crippen molar-refractivity contribution in [3.8, 4) is 5.75 Å². The third-order valence-corrected chi connectivity index (χ3v) is 4.15. The molecule has 0 bridgehead atoms. The highest BCUT2D eigenvalue weighted by Gasteiger charge is 2.30. The number of carbonyl (C=O) groups excluding carboxylic acids is 1. The van der Waals surface area contributed by atoms with Crippen LogP contribution in [0.3, 0.4) is 0 Å². The Hall–Kier alpha value is -2.96. The molecule has 1 aliphatic rings. The summed E-state index contributed by atoms with van der Waals surface area (Å²) in [5.74, 6) is -1.11. The van der Waals surface area contributed by atoms with Crippen molar-refractivity contribution in [2.24, 2.45) is 5.16 Å². The first-order chi connectivity index (χ1) is 12.5. The van der Waals surface area contributed by atoms with Gasteiger partial charge >= 0.3 is 0 Å². The third-order valence-electron chi connectivity index (χ3n) is 4.15. The molecule has 136 valence electrons. The molecule has 3 rings (SSSR count). The summed E-state index contributed by atoms with van der Waals surface area (Å²) >= 11 is 0. The number of carbonyl (C=O) groups is 1. The summed E-state index contributed by atoms with van der Waals surface area (Å²) < 4.78 is 32.0. The maximum absolute atomic E-state index is 13.8. The first-order valence-electron chi connectivity index (χ1n) is 8.10. The molecule has 2 atom stereocenters. The number of rotatable bonds is 5. The topological polar surface area (TPSA) is 59.9 Å². The van der Waals surface area contributed by atoms with Gasteiger partial charge in [0, 0.05) is 12.0 Å². The molecule has 26 heavy (non-hydrogen) atoms.